The number of halogens is 2. The van der Waals surface area contributed by atoms with Crippen LogP contribution in [0, 0.1) is 11.6 Å². The van der Waals surface area contributed by atoms with E-state index in [9.17, 15) is 22.0 Å². The number of nitrogens with one attached hydrogen (secondary N) is 2. The van der Waals surface area contributed by atoms with Gasteiger partial charge in [-0.1, -0.05) is 24.3 Å². The van der Waals surface area contributed by atoms with Gasteiger partial charge in [0.1, 0.15) is 22.0 Å². The number of nitrogens with zero attached hydrogens (tertiary/aromatic N) is 2. The van der Waals surface area contributed by atoms with Gasteiger partial charge in [0, 0.05) is 30.6 Å². The van der Waals surface area contributed by atoms with E-state index in [4.69, 9.17) is 0 Å². The Morgan fingerprint density at radius 1 is 0.938 bits per heavy atom. The van der Waals surface area contributed by atoms with Crippen molar-refractivity contribution in [2.75, 3.05) is 4.72 Å². The molecule has 0 aliphatic rings. The molecule has 1 heterocycles. The summed E-state index contributed by atoms with van der Waals surface area (Å²) in [6, 6.07) is 13.6. The van der Waals surface area contributed by atoms with Gasteiger partial charge < -0.3 is 5.32 Å². The quantitative estimate of drug-likeness (QED) is 0.463. The molecule has 4 rings (SSSR count). The highest BCUT2D eigenvalue weighted by atomic mass is 32.2. The lowest BCUT2D eigenvalue weighted by Gasteiger charge is -2.14. The van der Waals surface area contributed by atoms with Crippen LogP contribution in [0.1, 0.15) is 15.9 Å². The first kappa shape index (κ1) is 21.3. The largest absolute Gasteiger partial charge is 0.348 e. The number of hydrogen-bond donors (Lipinski definition) is 2. The van der Waals surface area contributed by atoms with Crippen LogP contribution in [0.3, 0.4) is 0 Å². The summed E-state index contributed by atoms with van der Waals surface area (Å²) in [5, 5.41) is 2.51. The molecule has 0 unspecified atom stereocenters. The molecule has 0 bridgehead atoms. The van der Waals surface area contributed by atoms with Gasteiger partial charge in [-0.15, -0.1) is 0 Å². The van der Waals surface area contributed by atoms with Crippen LogP contribution in [0.2, 0.25) is 0 Å². The average molecular weight is 454 g/mol. The van der Waals surface area contributed by atoms with E-state index in [1.807, 2.05) is 0 Å². The second-order valence-electron chi connectivity index (χ2n) is 6.75. The topological polar surface area (TPSA) is 101 Å². The van der Waals surface area contributed by atoms with Crippen LogP contribution in [0.5, 0.6) is 0 Å². The number of aromatic nitrogens is 2. The molecule has 162 valence electrons. The van der Waals surface area contributed by atoms with Crippen molar-refractivity contribution in [1.82, 2.24) is 15.3 Å². The summed E-state index contributed by atoms with van der Waals surface area (Å²) in [6.07, 6.45) is 2.84. The van der Waals surface area contributed by atoms with E-state index in [0.29, 0.717) is 5.52 Å². The van der Waals surface area contributed by atoms with Crippen LogP contribution in [0.4, 0.5) is 14.5 Å². The maximum atomic E-state index is 13.8. The van der Waals surface area contributed by atoms with Crippen molar-refractivity contribution in [3.8, 4) is 0 Å². The first-order valence-electron chi connectivity index (χ1n) is 9.39. The maximum absolute atomic E-state index is 13.8. The molecule has 10 heteroatoms. The van der Waals surface area contributed by atoms with E-state index >= 15 is 0 Å². The Labute approximate surface area is 182 Å². The smallest absolute Gasteiger partial charge is 0.264 e. The number of fused-ring (bicyclic) bond motifs is 1. The lowest BCUT2D eigenvalue weighted by molar-refractivity contribution is 0.0951. The van der Waals surface area contributed by atoms with Crippen LogP contribution in [-0.2, 0) is 16.6 Å². The number of hydrogen-bond acceptors (Lipinski definition) is 5. The Bertz CT molecular complexity index is 1420. The monoisotopic (exact) mass is 454 g/mol. The summed E-state index contributed by atoms with van der Waals surface area (Å²) < 4.78 is 55.4. The van der Waals surface area contributed by atoms with Gasteiger partial charge in [0.25, 0.3) is 15.9 Å². The third-order valence-corrected chi connectivity index (χ3v) is 6.02. The number of anilines is 1. The molecule has 0 saturated carbocycles. The molecule has 0 saturated heterocycles. The summed E-state index contributed by atoms with van der Waals surface area (Å²) in [4.78, 5) is 20.8. The third kappa shape index (κ3) is 4.40. The molecule has 0 atom stereocenters. The second-order valence-corrected chi connectivity index (χ2v) is 8.40. The van der Waals surface area contributed by atoms with Gasteiger partial charge >= 0.3 is 0 Å². The number of carbonyl (C=O) groups excluding carboxylic acids is 1. The molecule has 0 fully saturated rings. The van der Waals surface area contributed by atoms with E-state index in [1.165, 1.54) is 36.7 Å². The molecule has 0 aliphatic carbocycles. The minimum Gasteiger partial charge on any atom is -0.348 e. The first-order valence-corrected chi connectivity index (χ1v) is 10.9. The molecule has 1 aromatic heterocycles. The van der Waals surface area contributed by atoms with Crippen LogP contribution in [0.15, 0.2) is 78.0 Å². The van der Waals surface area contributed by atoms with Gasteiger partial charge in [-0.3, -0.25) is 19.5 Å². The van der Waals surface area contributed by atoms with Crippen LogP contribution in [0.25, 0.3) is 11.0 Å². The van der Waals surface area contributed by atoms with E-state index in [-0.39, 0.29) is 33.8 Å². The highest BCUT2D eigenvalue weighted by Gasteiger charge is 2.21. The van der Waals surface area contributed by atoms with Gasteiger partial charge in [-0.05, 0) is 30.3 Å². The van der Waals surface area contributed by atoms with Crippen molar-refractivity contribution in [3.63, 3.8) is 0 Å². The number of benzene rings is 3. The summed E-state index contributed by atoms with van der Waals surface area (Å²) in [5.74, 6) is -2.16. The lowest BCUT2D eigenvalue weighted by Crippen LogP contribution is -2.25. The zero-order valence-corrected chi connectivity index (χ0v) is 17.2. The second kappa shape index (κ2) is 8.67. The molecule has 0 spiro atoms. The Morgan fingerprint density at radius 3 is 2.53 bits per heavy atom. The molecule has 1 amide bonds. The molecule has 7 nitrogen and oxygen atoms in total. The molecule has 4 aromatic rings. The Balaban J connectivity index is 1.60. The number of amides is 1. The minimum atomic E-state index is -4.11. The SMILES string of the molecule is O=C(NCc1ccc(F)cc1F)c1ccccc1NS(=O)(=O)c1cccc2nccnc12. The predicted octanol–water partition coefficient (Wildman–Crippen LogP) is 3.64. The lowest BCUT2D eigenvalue weighted by atomic mass is 10.1. The number of sulfonamides is 1. The summed E-state index contributed by atoms with van der Waals surface area (Å²) >= 11 is 0. The van der Waals surface area contributed by atoms with E-state index in [1.54, 1.807) is 24.3 Å². The van der Waals surface area contributed by atoms with Crippen molar-refractivity contribution >= 4 is 32.7 Å². The fraction of sp³-hybridized carbons (Fsp3) is 0.0455. The van der Waals surface area contributed by atoms with Gasteiger partial charge in [-0.2, -0.15) is 0 Å². The zero-order chi connectivity index (χ0) is 22.7. The molecular weight excluding hydrogens is 438 g/mol. The molecule has 2 N–H and O–H groups in total. The van der Waals surface area contributed by atoms with Gasteiger partial charge in [0.15, 0.2) is 0 Å². The van der Waals surface area contributed by atoms with Gasteiger partial charge in [-0.25, -0.2) is 17.2 Å². The molecular formula is C22H16F2N4O3S. The summed E-state index contributed by atoms with van der Waals surface area (Å²) in [6.45, 7) is -0.203. The third-order valence-electron chi connectivity index (χ3n) is 4.62. The van der Waals surface area contributed by atoms with Crippen molar-refractivity contribution < 1.29 is 22.0 Å². The highest BCUT2D eigenvalue weighted by Crippen LogP contribution is 2.24. The minimum absolute atomic E-state index is 0.0323. The number of para-hydroxylation sites is 2. The molecule has 0 aliphatic heterocycles. The van der Waals surface area contributed by atoms with E-state index < -0.39 is 27.6 Å². The highest BCUT2D eigenvalue weighted by molar-refractivity contribution is 7.93. The van der Waals surface area contributed by atoms with Gasteiger partial charge in [0.2, 0.25) is 0 Å². The average Bonchev–Trinajstić information content (AvgIpc) is 2.78. The van der Waals surface area contributed by atoms with Crippen molar-refractivity contribution in [3.05, 3.63) is 95.8 Å². The van der Waals surface area contributed by atoms with Crippen molar-refractivity contribution in [1.29, 1.82) is 0 Å². The maximum Gasteiger partial charge on any atom is 0.264 e. The number of rotatable bonds is 6. The van der Waals surface area contributed by atoms with Crippen molar-refractivity contribution in [2.45, 2.75) is 11.4 Å². The fourth-order valence-corrected chi connectivity index (χ4v) is 4.34. The van der Waals surface area contributed by atoms with Crippen molar-refractivity contribution in [2.24, 2.45) is 0 Å². The zero-order valence-electron chi connectivity index (χ0n) is 16.4. The van der Waals surface area contributed by atoms with Crippen LogP contribution in [-0.4, -0.2) is 24.3 Å². The molecule has 0 radical (unpaired) electrons. The van der Waals surface area contributed by atoms with Crippen LogP contribution < -0.4 is 10.0 Å². The molecule has 32 heavy (non-hydrogen) atoms. The standard InChI is InChI=1S/C22H16F2N4O3S/c23-15-9-8-14(17(24)12-15)13-27-22(29)16-4-1-2-5-18(16)28-32(30,31)20-7-3-6-19-21(20)26-11-10-25-19/h1-12,28H,13H2,(H,27,29). The summed E-state index contributed by atoms with van der Waals surface area (Å²) in [7, 11) is -4.11. The van der Waals surface area contributed by atoms with Crippen LogP contribution >= 0.6 is 0 Å². The predicted molar refractivity (Wildman–Crippen MR) is 114 cm³/mol. The summed E-state index contributed by atoms with van der Waals surface area (Å²) in [5.41, 5.74) is 0.751. The Hall–Kier alpha value is -3.92. The fourth-order valence-electron chi connectivity index (χ4n) is 3.09. The Kier molecular flexibility index (Phi) is 5.78. The van der Waals surface area contributed by atoms with E-state index in [0.717, 1.165) is 12.1 Å². The van der Waals surface area contributed by atoms with E-state index in [2.05, 4.69) is 20.0 Å². The Morgan fingerprint density at radius 2 is 1.72 bits per heavy atom. The normalized spacial score (nSPS) is 11.3. The first-order chi connectivity index (χ1) is 15.3. The van der Waals surface area contributed by atoms with Gasteiger partial charge in [0.05, 0.1) is 16.8 Å². The number of carbonyl (C=O) groups is 1. The molecule has 3 aromatic carbocycles.